The van der Waals surface area contributed by atoms with Gasteiger partial charge in [-0.3, -0.25) is 0 Å². The zero-order valence-electron chi connectivity index (χ0n) is 8.10. The van der Waals surface area contributed by atoms with Gasteiger partial charge in [-0.15, -0.1) is 0 Å². The van der Waals surface area contributed by atoms with Gasteiger partial charge in [0.1, 0.15) is 0 Å². The molecule has 2 heterocycles. The highest BCUT2D eigenvalue weighted by atomic mass is 15.3. The molecule has 0 spiro atoms. The van der Waals surface area contributed by atoms with Gasteiger partial charge in [0.05, 0.1) is 17.6 Å². The summed E-state index contributed by atoms with van der Waals surface area (Å²) in [6.45, 7) is 3.76. The second-order valence-corrected chi connectivity index (χ2v) is 3.11. The molecule has 2 aromatic rings. The number of hydrogen-bond acceptors (Lipinski definition) is 4. The maximum Gasteiger partial charge on any atom is 0.250 e. The number of hydrogen-bond donors (Lipinski definition) is 1. The van der Waals surface area contributed by atoms with Crippen molar-refractivity contribution in [2.45, 2.75) is 13.8 Å². The van der Waals surface area contributed by atoms with Crippen molar-refractivity contribution in [2.24, 2.45) is 0 Å². The third kappa shape index (κ3) is 1.44. The van der Waals surface area contributed by atoms with Crippen LogP contribution >= 0.6 is 0 Å². The molecule has 2 aromatic heterocycles. The Morgan fingerprint density at radius 2 is 2.14 bits per heavy atom. The molecule has 0 aromatic carbocycles. The average Bonchev–Trinajstić information content (AvgIpc) is 2.47. The van der Waals surface area contributed by atoms with Gasteiger partial charge in [0, 0.05) is 11.9 Å². The number of aryl methyl sites for hydroxylation is 2. The molecule has 2 N–H and O–H groups in total. The van der Waals surface area contributed by atoms with Gasteiger partial charge in [-0.1, -0.05) is 0 Å². The van der Waals surface area contributed by atoms with Gasteiger partial charge >= 0.3 is 0 Å². The maximum atomic E-state index is 5.68. The molecule has 0 saturated heterocycles. The predicted molar refractivity (Wildman–Crippen MR) is 53.0 cm³/mol. The first-order chi connectivity index (χ1) is 6.66. The molecular weight excluding hydrogens is 178 g/mol. The van der Waals surface area contributed by atoms with Gasteiger partial charge in [0.25, 0.3) is 5.95 Å². The van der Waals surface area contributed by atoms with E-state index in [2.05, 4.69) is 15.1 Å². The van der Waals surface area contributed by atoms with Crippen molar-refractivity contribution < 1.29 is 0 Å². The summed E-state index contributed by atoms with van der Waals surface area (Å²) in [5.74, 6) is 0.546. The molecule has 0 fully saturated rings. The first-order valence-electron chi connectivity index (χ1n) is 4.28. The summed E-state index contributed by atoms with van der Waals surface area (Å²) >= 11 is 0. The van der Waals surface area contributed by atoms with E-state index < -0.39 is 0 Å². The first-order valence-corrected chi connectivity index (χ1v) is 4.28. The standard InChI is InChI=1S/C9H11N5/c1-6-3-4-11-9(12-6)14-5-8(10)7(2)13-14/h3-5H,10H2,1-2H3. The summed E-state index contributed by atoms with van der Waals surface area (Å²) in [4.78, 5) is 8.33. The molecular formula is C9H11N5. The fraction of sp³-hybridized carbons (Fsp3) is 0.222. The SMILES string of the molecule is Cc1ccnc(-n2cc(N)c(C)n2)n1. The lowest BCUT2D eigenvalue weighted by atomic mass is 10.4. The van der Waals surface area contributed by atoms with Crippen molar-refractivity contribution in [3.05, 3.63) is 29.8 Å². The Morgan fingerprint density at radius 3 is 2.71 bits per heavy atom. The minimum absolute atomic E-state index is 0.546. The zero-order chi connectivity index (χ0) is 10.1. The van der Waals surface area contributed by atoms with E-state index in [9.17, 15) is 0 Å². The van der Waals surface area contributed by atoms with E-state index >= 15 is 0 Å². The lowest BCUT2D eigenvalue weighted by molar-refractivity contribution is 0.790. The summed E-state index contributed by atoms with van der Waals surface area (Å²) in [6.07, 6.45) is 3.41. The lowest BCUT2D eigenvalue weighted by Crippen LogP contribution is -2.02. The van der Waals surface area contributed by atoms with E-state index in [0.29, 0.717) is 11.6 Å². The highest BCUT2D eigenvalue weighted by Gasteiger charge is 2.04. The van der Waals surface area contributed by atoms with Crippen molar-refractivity contribution in [3.63, 3.8) is 0 Å². The van der Waals surface area contributed by atoms with Gasteiger partial charge in [-0.05, 0) is 19.9 Å². The molecule has 0 aliphatic carbocycles. The molecule has 5 nitrogen and oxygen atoms in total. The Kier molecular flexibility index (Phi) is 1.92. The Morgan fingerprint density at radius 1 is 1.36 bits per heavy atom. The van der Waals surface area contributed by atoms with Crippen LogP contribution in [0.3, 0.4) is 0 Å². The lowest BCUT2D eigenvalue weighted by Gasteiger charge is -1.98. The minimum atomic E-state index is 0.546. The summed E-state index contributed by atoms with van der Waals surface area (Å²) in [6, 6.07) is 1.84. The van der Waals surface area contributed by atoms with Crippen LogP contribution in [0, 0.1) is 13.8 Å². The number of rotatable bonds is 1. The fourth-order valence-electron chi connectivity index (χ4n) is 1.12. The molecule has 2 rings (SSSR count). The van der Waals surface area contributed by atoms with Crippen LogP contribution < -0.4 is 5.73 Å². The Hall–Kier alpha value is -1.91. The number of nitrogens with zero attached hydrogens (tertiary/aromatic N) is 4. The first kappa shape index (κ1) is 8.68. The monoisotopic (exact) mass is 189 g/mol. The van der Waals surface area contributed by atoms with Crippen LogP contribution in [0.1, 0.15) is 11.4 Å². The predicted octanol–water partition coefficient (Wildman–Crippen LogP) is 0.861. The number of nitrogen functional groups attached to an aromatic ring is 1. The topological polar surface area (TPSA) is 69.6 Å². The highest BCUT2D eigenvalue weighted by molar-refractivity contribution is 5.41. The van der Waals surface area contributed by atoms with Gasteiger partial charge in [-0.2, -0.15) is 5.10 Å². The van der Waals surface area contributed by atoms with Gasteiger partial charge in [0.2, 0.25) is 0 Å². The molecule has 5 heteroatoms. The van der Waals surface area contributed by atoms with Crippen molar-refractivity contribution in [1.82, 2.24) is 19.7 Å². The number of aromatic nitrogens is 4. The van der Waals surface area contributed by atoms with Crippen LogP contribution in [0.2, 0.25) is 0 Å². The third-order valence-corrected chi connectivity index (χ3v) is 1.92. The maximum absolute atomic E-state index is 5.68. The largest absolute Gasteiger partial charge is 0.396 e. The zero-order valence-corrected chi connectivity index (χ0v) is 8.10. The van der Waals surface area contributed by atoms with Crippen molar-refractivity contribution >= 4 is 5.69 Å². The van der Waals surface area contributed by atoms with Crippen molar-refractivity contribution in [3.8, 4) is 5.95 Å². The Balaban J connectivity index is 2.49. The number of anilines is 1. The van der Waals surface area contributed by atoms with E-state index in [0.717, 1.165) is 11.4 Å². The van der Waals surface area contributed by atoms with Gasteiger partial charge in [-0.25, -0.2) is 14.6 Å². The van der Waals surface area contributed by atoms with E-state index in [1.165, 1.54) is 0 Å². The van der Waals surface area contributed by atoms with E-state index in [1.807, 2.05) is 19.9 Å². The van der Waals surface area contributed by atoms with E-state index in [-0.39, 0.29) is 0 Å². The highest BCUT2D eigenvalue weighted by Crippen LogP contribution is 2.09. The van der Waals surface area contributed by atoms with E-state index in [1.54, 1.807) is 17.1 Å². The minimum Gasteiger partial charge on any atom is -0.396 e. The molecule has 0 aliphatic rings. The quantitative estimate of drug-likeness (QED) is 0.722. The van der Waals surface area contributed by atoms with Crippen molar-refractivity contribution in [1.29, 1.82) is 0 Å². The molecule has 0 atom stereocenters. The third-order valence-electron chi connectivity index (χ3n) is 1.92. The molecule has 0 aliphatic heterocycles. The summed E-state index contributed by atoms with van der Waals surface area (Å²) in [5.41, 5.74) is 8.02. The second-order valence-electron chi connectivity index (χ2n) is 3.11. The normalized spacial score (nSPS) is 10.4. The molecule has 0 radical (unpaired) electrons. The molecule has 14 heavy (non-hydrogen) atoms. The van der Waals surface area contributed by atoms with Crippen LogP contribution in [0.25, 0.3) is 5.95 Å². The molecule has 0 unspecified atom stereocenters. The average molecular weight is 189 g/mol. The van der Waals surface area contributed by atoms with Crippen LogP contribution in [-0.2, 0) is 0 Å². The van der Waals surface area contributed by atoms with Gasteiger partial charge in [0.15, 0.2) is 0 Å². The van der Waals surface area contributed by atoms with Crippen molar-refractivity contribution in [2.75, 3.05) is 5.73 Å². The van der Waals surface area contributed by atoms with Gasteiger partial charge < -0.3 is 5.73 Å². The Bertz CT molecular complexity index is 440. The second kappa shape index (κ2) is 3.10. The van der Waals surface area contributed by atoms with Crippen LogP contribution in [0.4, 0.5) is 5.69 Å². The van der Waals surface area contributed by atoms with E-state index in [4.69, 9.17) is 5.73 Å². The van der Waals surface area contributed by atoms with Crippen LogP contribution in [0.5, 0.6) is 0 Å². The molecule has 0 amide bonds. The smallest absolute Gasteiger partial charge is 0.250 e. The molecule has 0 saturated carbocycles. The molecule has 0 bridgehead atoms. The number of nitrogens with two attached hydrogens (primary N) is 1. The molecule has 72 valence electrons. The fourth-order valence-corrected chi connectivity index (χ4v) is 1.12. The summed E-state index contributed by atoms with van der Waals surface area (Å²) < 4.78 is 1.58. The van der Waals surface area contributed by atoms with Crippen LogP contribution in [0.15, 0.2) is 18.5 Å². The Labute approximate surface area is 81.6 Å². The van der Waals surface area contributed by atoms with Crippen LogP contribution in [-0.4, -0.2) is 19.7 Å². The summed E-state index contributed by atoms with van der Waals surface area (Å²) in [5, 5.41) is 4.19. The summed E-state index contributed by atoms with van der Waals surface area (Å²) in [7, 11) is 0.